The average Bonchev–Trinajstić information content (AvgIpc) is 2.86. The highest BCUT2D eigenvalue weighted by molar-refractivity contribution is 6.29. The molecule has 4 nitrogen and oxygen atoms in total. The fourth-order valence-corrected chi connectivity index (χ4v) is 2.44. The number of amides is 2. The summed E-state index contributed by atoms with van der Waals surface area (Å²) in [6, 6.07) is 15.3. The van der Waals surface area contributed by atoms with Gasteiger partial charge in [-0.15, -0.1) is 0 Å². The third-order valence-corrected chi connectivity index (χ3v) is 3.99. The van der Waals surface area contributed by atoms with Crippen LogP contribution in [0, 0.1) is 13.8 Å². The molecule has 0 aliphatic carbocycles. The van der Waals surface area contributed by atoms with E-state index in [2.05, 4.69) is 5.43 Å². The lowest BCUT2D eigenvalue weighted by Crippen LogP contribution is -2.35. The van der Waals surface area contributed by atoms with Gasteiger partial charge in [-0.05, 0) is 48.7 Å². The molecule has 0 saturated carbocycles. The first kappa shape index (κ1) is 15.7. The number of carbonyl (C=O) groups excluding carboxylic acids is 2. The van der Waals surface area contributed by atoms with Gasteiger partial charge in [-0.2, -0.15) is 0 Å². The molecule has 2 amide bonds. The molecule has 0 unspecified atom stereocenters. The Morgan fingerprint density at radius 1 is 0.958 bits per heavy atom. The first-order valence-electron chi connectivity index (χ1n) is 7.72. The Hall–Kier alpha value is -3.14. The van der Waals surface area contributed by atoms with Crippen LogP contribution in [0.5, 0.6) is 0 Å². The van der Waals surface area contributed by atoms with Gasteiger partial charge in [0.2, 0.25) is 0 Å². The van der Waals surface area contributed by atoms with Crippen molar-refractivity contribution in [3.63, 3.8) is 0 Å². The summed E-state index contributed by atoms with van der Waals surface area (Å²) in [6.07, 6.45) is 5.12. The van der Waals surface area contributed by atoms with Crippen LogP contribution in [0.2, 0.25) is 0 Å². The zero-order valence-corrected chi connectivity index (χ0v) is 13.6. The van der Waals surface area contributed by atoms with Crippen molar-refractivity contribution < 1.29 is 9.59 Å². The maximum Gasteiger partial charge on any atom is 0.282 e. The Morgan fingerprint density at radius 3 is 2.42 bits per heavy atom. The highest BCUT2D eigenvalue weighted by Gasteiger charge is 2.34. The fraction of sp³-hybridized carbons (Fsp3) is 0.100. The molecular weight excluding hydrogens is 300 g/mol. The topological polar surface area (TPSA) is 49.4 Å². The first-order valence-corrected chi connectivity index (χ1v) is 7.72. The van der Waals surface area contributed by atoms with E-state index in [-0.39, 0.29) is 11.5 Å². The fourth-order valence-electron chi connectivity index (χ4n) is 2.44. The van der Waals surface area contributed by atoms with Crippen molar-refractivity contribution in [2.75, 3.05) is 5.01 Å². The van der Waals surface area contributed by atoms with E-state index in [4.69, 9.17) is 0 Å². The van der Waals surface area contributed by atoms with Crippen LogP contribution in [-0.4, -0.2) is 11.8 Å². The van der Waals surface area contributed by atoms with Crippen LogP contribution >= 0.6 is 0 Å². The van der Waals surface area contributed by atoms with Crippen LogP contribution in [0.4, 0.5) is 5.69 Å². The van der Waals surface area contributed by atoms with Gasteiger partial charge >= 0.3 is 0 Å². The second-order valence-electron chi connectivity index (χ2n) is 5.70. The molecule has 1 aliphatic rings. The minimum absolute atomic E-state index is 0.125. The molecule has 1 N–H and O–H groups in total. The molecule has 0 atom stereocenters. The van der Waals surface area contributed by atoms with E-state index in [1.807, 2.05) is 68.5 Å². The Bertz CT molecular complexity index is 851. The molecule has 1 heterocycles. The van der Waals surface area contributed by atoms with Crippen LogP contribution in [0.1, 0.15) is 16.7 Å². The number of hydrazine groups is 1. The summed E-state index contributed by atoms with van der Waals surface area (Å²) < 4.78 is 0. The largest absolute Gasteiger partial charge is 0.282 e. The Kier molecular flexibility index (Phi) is 4.29. The average molecular weight is 318 g/mol. The maximum absolute atomic E-state index is 12.5. The molecule has 120 valence electrons. The first-order chi connectivity index (χ1) is 11.6. The minimum atomic E-state index is -0.393. The maximum atomic E-state index is 12.5. The Labute approximate surface area is 141 Å². The van der Waals surface area contributed by atoms with Crippen LogP contribution in [0.25, 0.3) is 6.08 Å². The van der Waals surface area contributed by atoms with E-state index in [1.54, 1.807) is 12.2 Å². The standard InChI is InChI=1S/C20H18N2O2/c1-14-11-12-17(13-15(14)2)22-20(24)18(19(23)21-22)10-6-9-16-7-4-3-5-8-16/h3-13H,1-2H3,(H,21,23)/b9-6+,18-10+. The summed E-state index contributed by atoms with van der Waals surface area (Å²) >= 11 is 0. The number of anilines is 1. The normalized spacial score (nSPS) is 16.2. The number of benzene rings is 2. The molecule has 3 rings (SSSR count). The number of hydrogen-bond donors (Lipinski definition) is 1. The number of carbonyl (C=O) groups is 2. The third kappa shape index (κ3) is 3.13. The van der Waals surface area contributed by atoms with E-state index in [0.29, 0.717) is 5.69 Å². The van der Waals surface area contributed by atoms with Crippen molar-refractivity contribution in [3.8, 4) is 0 Å². The summed E-state index contributed by atoms with van der Waals surface area (Å²) in [6.45, 7) is 3.98. The van der Waals surface area contributed by atoms with E-state index in [9.17, 15) is 9.59 Å². The van der Waals surface area contributed by atoms with Crippen molar-refractivity contribution in [3.05, 3.63) is 82.9 Å². The number of aryl methyl sites for hydroxylation is 2. The summed E-state index contributed by atoms with van der Waals surface area (Å²) in [5, 5.41) is 1.29. The van der Waals surface area contributed by atoms with E-state index < -0.39 is 5.91 Å². The zero-order valence-electron chi connectivity index (χ0n) is 13.6. The molecule has 1 fully saturated rings. The Balaban J connectivity index is 1.82. The smallest absolute Gasteiger partial charge is 0.267 e. The number of nitrogens with zero attached hydrogens (tertiary/aromatic N) is 1. The molecule has 0 radical (unpaired) electrons. The van der Waals surface area contributed by atoms with E-state index in [1.165, 1.54) is 5.01 Å². The number of hydrogen-bond acceptors (Lipinski definition) is 2. The monoisotopic (exact) mass is 318 g/mol. The van der Waals surface area contributed by atoms with Gasteiger partial charge in [0.15, 0.2) is 0 Å². The molecule has 4 heteroatoms. The predicted molar refractivity (Wildman–Crippen MR) is 95.1 cm³/mol. The second-order valence-corrected chi connectivity index (χ2v) is 5.70. The molecule has 1 aliphatic heterocycles. The van der Waals surface area contributed by atoms with Gasteiger partial charge in [-0.3, -0.25) is 15.0 Å². The SMILES string of the molecule is Cc1ccc(N2NC(=O)/C(=C\C=C\c3ccccc3)C2=O)cc1C. The Morgan fingerprint density at radius 2 is 1.71 bits per heavy atom. The molecule has 24 heavy (non-hydrogen) atoms. The van der Waals surface area contributed by atoms with Gasteiger partial charge < -0.3 is 0 Å². The van der Waals surface area contributed by atoms with Gasteiger partial charge in [0.05, 0.1) is 5.69 Å². The van der Waals surface area contributed by atoms with E-state index >= 15 is 0 Å². The lowest BCUT2D eigenvalue weighted by atomic mass is 10.1. The van der Waals surface area contributed by atoms with Crippen molar-refractivity contribution in [1.29, 1.82) is 0 Å². The van der Waals surface area contributed by atoms with Gasteiger partial charge in [0.25, 0.3) is 11.8 Å². The molecule has 1 saturated heterocycles. The molecule has 0 bridgehead atoms. The van der Waals surface area contributed by atoms with E-state index in [0.717, 1.165) is 16.7 Å². The van der Waals surface area contributed by atoms with Gasteiger partial charge in [0.1, 0.15) is 5.57 Å². The molecule has 0 spiro atoms. The van der Waals surface area contributed by atoms with Crippen LogP contribution in [0.15, 0.2) is 66.3 Å². The second kappa shape index (κ2) is 6.54. The van der Waals surface area contributed by atoms with Crippen LogP contribution < -0.4 is 10.4 Å². The number of rotatable bonds is 3. The zero-order chi connectivity index (χ0) is 17.1. The molecule has 2 aromatic carbocycles. The molecular formula is C20H18N2O2. The quantitative estimate of drug-likeness (QED) is 0.697. The lowest BCUT2D eigenvalue weighted by Gasteiger charge is -2.15. The minimum Gasteiger partial charge on any atom is -0.267 e. The summed E-state index contributed by atoms with van der Waals surface area (Å²) in [4.78, 5) is 24.6. The van der Waals surface area contributed by atoms with Gasteiger partial charge in [-0.25, -0.2) is 5.01 Å². The summed E-state index contributed by atoms with van der Waals surface area (Å²) in [7, 11) is 0. The third-order valence-electron chi connectivity index (χ3n) is 3.99. The van der Waals surface area contributed by atoms with Crippen molar-refractivity contribution in [1.82, 2.24) is 5.43 Å². The summed E-state index contributed by atoms with van der Waals surface area (Å²) in [5.74, 6) is -0.739. The highest BCUT2D eigenvalue weighted by atomic mass is 16.2. The lowest BCUT2D eigenvalue weighted by molar-refractivity contribution is -0.117. The highest BCUT2D eigenvalue weighted by Crippen LogP contribution is 2.22. The van der Waals surface area contributed by atoms with Crippen molar-refractivity contribution >= 4 is 23.6 Å². The van der Waals surface area contributed by atoms with Crippen molar-refractivity contribution in [2.45, 2.75) is 13.8 Å². The summed E-state index contributed by atoms with van der Waals surface area (Å²) in [5.41, 5.74) is 6.60. The molecule has 0 aromatic heterocycles. The van der Waals surface area contributed by atoms with Crippen LogP contribution in [-0.2, 0) is 9.59 Å². The van der Waals surface area contributed by atoms with Crippen molar-refractivity contribution in [2.24, 2.45) is 0 Å². The van der Waals surface area contributed by atoms with Gasteiger partial charge in [-0.1, -0.05) is 48.6 Å². The predicted octanol–water partition coefficient (Wildman–Crippen LogP) is 3.32. The number of allylic oxidation sites excluding steroid dienone is 2. The number of nitrogens with one attached hydrogen (secondary N) is 1. The molecule has 2 aromatic rings. The van der Waals surface area contributed by atoms with Crippen LogP contribution in [0.3, 0.4) is 0 Å². The van der Waals surface area contributed by atoms with Gasteiger partial charge in [0, 0.05) is 0 Å².